The minimum atomic E-state index is -3.15. The van der Waals surface area contributed by atoms with Crippen molar-refractivity contribution < 1.29 is 8.42 Å². The highest BCUT2D eigenvalue weighted by atomic mass is 32.2. The molecule has 1 aromatic carbocycles. The van der Waals surface area contributed by atoms with Gasteiger partial charge < -0.3 is 15.5 Å². The first-order valence-electron chi connectivity index (χ1n) is 8.73. The Hall–Kier alpha value is -1.80. The molecule has 1 rings (SSSR count). The Morgan fingerprint density at radius 1 is 1.12 bits per heavy atom. The molecule has 142 valence electrons. The van der Waals surface area contributed by atoms with Gasteiger partial charge in [0.25, 0.3) is 0 Å². The van der Waals surface area contributed by atoms with Crippen LogP contribution in [0.1, 0.15) is 20.3 Å². The van der Waals surface area contributed by atoms with E-state index in [-0.39, 0.29) is 0 Å². The van der Waals surface area contributed by atoms with Crippen LogP contribution in [0.25, 0.3) is 0 Å². The maximum Gasteiger partial charge on any atom is 0.208 e. The van der Waals surface area contributed by atoms with Crippen LogP contribution in [-0.4, -0.2) is 59.9 Å². The summed E-state index contributed by atoms with van der Waals surface area (Å²) in [5.74, 6) is 0.709. The average molecular weight is 370 g/mol. The third-order valence-electron chi connectivity index (χ3n) is 3.49. The van der Waals surface area contributed by atoms with Crippen molar-refractivity contribution in [3.63, 3.8) is 0 Å². The summed E-state index contributed by atoms with van der Waals surface area (Å²) in [5.41, 5.74) is 1.23. The molecular formula is C17H31N5O2S. The second-order valence-corrected chi connectivity index (χ2v) is 7.46. The van der Waals surface area contributed by atoms with Gasteiger partial charge in [-0.05, 0) is 32.4 Å². The summed E-state index contributed by atoms with van der Waals surface area (Å²) in [6, 6.07) is 10.4. The molecule has 0 saturated carbocycles. The monoisotopic (exact) mass is 369 g/mol. The molecular weight excluding hydrogens is 338 g/mol. The minimum absolute atomic E-state index is 0.334. The van der Waals surface area contributed by atoms with E-state index in [4.69, 9.17) is 0 Å². The summed E-state index contributed by atoms with van der Waals surface area (Å²) in [5, 5.41) is 6.29. The quantitative estimate of drug-likeness (QED) is 0.308. The van der Waals surface area contributed by atoms with E-state index in [1.807, 2.05) is 25.1 Å². The molecule has 0 radical (unpaired) electrons. The molecule has 7 nitrogen and oxygen atoms in total. The largest absolute Gasteiger partial charge is 0.372 e. The molecule has 0 aromatic heterocycles. The fraction of sp³-hybridized carbons (Fsp3) is 0.588. The summed E-state index contributed by atoms with van der Waals surface area (Å²) < 4.78 is 24.5. The van der Waals surface area contributed by atoms with Crippen LogP contribution in [0, 0.1) is 0 Å². The van der Waals surface area contributed by atoms with E-state index >= 15 is 0 Å². The van der Waals surface area contributed by atoms with Crippen LogP contribution in [0.2, 0.25) is 0 Å². The molecule has 0 unspecified atom stereocenters. The van der Waals surface area contributed by atoms with Crippen LogP contribution in [0.5, 0.6) is 0 Å². The lowest BCUT2D eigenvalue weighted by Crippen LogP contribution is -2.41. The number of guanidine groups is 1. The van der Waals surface area contributed by atoms with E-state index in [2.05, 4.69) is 44.3 Å². The molecule has 0 saturated heterocycles. The number of hydrogen-bond acceptors (Lipinski definition) is 4. The Morgan fingerprint density at radius 3 is 2.44 bits per heavy atom. The molecule has 0 aliphatic rings. The molecule has 0 spiro atoms. The molecule has 0 fully saturated rings. The van der Waals surface area contributed by atoms with Gasteiger partial charge in [0.2, 0.25) is 10.0 Å². The topological polar surface area (TPSA) is 85.8 Å². The lowest BCUT2D eigenvalue weighted by atomic mass is 10.2. The molecule has 0 heterocycles. The first kappa shape index (κ1) is 21.2. The van der Waals surface area contributed by atoms with E-state index < -0.39 is 10.0 Å². The highest BCUT2D eigenvalue weighted by molar-refractivity contribution is 7.88. The number of nitrogens with one attached hydrogen (secondary N) is 3. The zero-order valence-electron chi connectivity index (χ0n) is 15.5. The third kappa shape index (κ3) is 9.93. The zero-order chi connectivity index (χ0) is 18.5. The second kappa shape index (κ2) is 11.7. The number of benzene rings is 1. The van der Waals surface area contributed by atoms with Crippen molar-refractivity contribution in [3.8, 4) is 0 Å². The fourth-order valence-corrected chi connectivity index (χ4v) is 2.79. The molecule has 3 N–H and O–H groups in total. The number of hydrogen-bond donors (Lipinski definition) is 3. The SMILES string of the molecule is CCNC(=NCCCN(CC)c1ccccc1)NCCNS(C)(=O)=O. The summed E-state index contributed by atoms with van der Waals surface area (Å²) in [6.07, 6.45) is 2.10. The summed E-state index contributed by atoms with van der Waals surface area (Å²) in [6.45, 7) is 8.35. The van der Waals surface area contributed by atoms with Crippen LogP contribution in [0.15, 0.2) is 35.3 Å². The van der Waals surface area contributed by atoms with Crippen molar-refractivity contribution in [1.29, 1.82) is 0 Å². The Balaban J connectivity index is 2.38. The van der Waals surface area contributed by atoms with Crippen LogP contribution in [0.3, 0.4) is 0 Å². The molecule has 0 amide bonds. The Labute approximate surface area is 152 Å². The first-order chi connectivity index (χ1) is 12.0. The van der Waals surface area contributed by atoms with Crippen LogP contribution < -0.4 is 20.3 Å². The van der Waals surface area contributed by atoms with Crippen LogP contribution >= 0.6 is 0 Å². The number of para-hydroxylation sites is 1. The van der Waals surface area contributed by atoms with Gasteiger partial charge in [0.05, 0.1) is 6.26 Å². The van der Waals surface area contributed by atoms with Gasteiger partial charge in [-0.3, -0.25) is 4.99 Å². The molecule has 0 bridgehead atoms. The lowest BCUT2D eigenvalue weighted by Gasteiger charge is -2.22. The number of rotatable bonds is 11. The first-order valence-corrected chi connectivity index (χ1v) is 10.6. The number of sulfonamides is 1. The standard InChI is InChI=1S/C17H31N5O2S/c1-4-18-17(20-13-14-21-25(3,23)24)19-12-9-15-22(5-2)16-10-7-6-8-11-16/h6-8,10-11,21H,4-5,9,12-15H2,1-3H3,(H2,18,19,20). The smallest absolute Gasteiger partial charge is 0.208 e. The van der Waals surface area contributed by atoms with Crippen molar-refractivity contribution in [2.75, 3.05) is 50.4 Å². The van der Waals surface area contributed by atoms with Gasteiger partial charge in [-0.1, -0.05) is 18.2 Å². The third-order valence-corrected chi connectivity index (χ3v) is 4.21. The predicted molar refractivity (Wildman–Crippen MR) is 106 cm³/mol. The molecule has 0 aliphatic heterocycles. The summed E-state index contributed by atoms with van der Waals surface area (Å²) in [4.78, 5) is 6.86. The number of anilines is 1. The van der Waals surface area contributed by atoms with Gasteiger partial charge in [-0.15, -0.1) is 0 Å². The molecule has 0 atom stereocenters. The number of nitrogens with zero attached hydrogens (tertiary/aromatic N) is 2. The van der Waals surface area contributed by atoms with Crippen molar-refractivity contribution in [1.82, 2.24) is 15.4 Å². The van der Waals surface area contributed by atoms with Gasteiger partial charge in [-0.25, -0.2) is 13.1 Å². The van der Waals surface area contributed by atoms with Gasteiger partial charge in [-0.2, -0.15) is 0 Å². The van der Waals surface area contributed by atoms with E-state index in [1.165, 1.54) is 5.69 Å². The van der Waals surface area contributed by atoms with Crippen molar-refractivity contribution in [2.24, 2.45) is 4.99 Å². The van der Waals surface area contributed by atoms with Gasteiger partial charge in [0.15, 0.2) is 5.96 Å². The zero-order valence-corrected chi connectivity index (χ0v) is 16.3. The average Bonchev–Trinajstić information content (AvgIpc) is 2.58. The van der Waals surface area contributed by atoms with E-state index in [9.17, 15) is 8.42 Å². The van der Waals surface area contributed by atoms with Crippen molar-refractivity contribution in [2.45, 2.75) is 20.3 Å². The highest BCUT2D eigenvalue weighted by Gasteiger charge is 2.03. The Kier molecular flexibility index (Phi) is 9.94. The van der Waals surface area contributed by atoms with E-state index in [1.54, 1.807) is 0 Å². The van der Waals surface area contributed by atoms with Crippen molar-refractivity contribution >= 4 is 21.7 Å². The van der Waals surface area contributed by atoms with Crippen LogP contribution in [-0.2, 0) is 10.0 Å². The van der Waals surface area contributed by atoms with Gasteiger partial charge >= 0.3 is 0 Å². The van der Waals surface area contributed by atoms with Crippen LogP contribution in [0.4, 0.5) is 5.69 Å². The molecule has 8 heteroatoms. The Morgan fingerprint density at radius 2 is 1.84 bits per heavy atom. The maximum absolute atomic E-state index is 11.0. The minimum Gasteiger partial charge on any atom is -0.372 e. The second-order valence-electron chi connectivity index (χ2n) is 5.62. The normalized spacial score (nSPS) is 12.0. The lowest BCUT2D eigenvalue weighted by molar-refractivity contribution is 0.586. The van der Waals surface area contributed by atoms with Crippen molar-refractivity contribution in [3.05, 3.63) is 30.3 Å². The van der Waals surface area contributed by atoms with Gasteiger partial charge in [0.1, 0.15) is 0 Å². The summed E-state index contributed by atoms with van der Waals surface area (Å²) in [7, 11) is -3.15. The molecule has 0 aliphatic carbocycles. The number of aliphatic imine (C=N–C) groups is 1. The van der Waals surface area contributed by atoms with Gasteiger partial charge in [0, 0.05) is 45.0 Å². The molecule has 25 heavy (non-hydrogen) atoms. The predicted octanol–water partition coefficient (Wildman–Crippen LogP) is 1.01. The maximum atomic E-state index is 11.0. The molecule has 1 aromatic rings. The van der Waals surface area contributed by atoms with E-state index in [0.717, 1.165) is 32.3 Å². The Bertz CT molecular complexity index is 605. The highest BCUT2D eigenvalue weighted by Crippen LogP contribution is 2.12. The summed E-state index contributed by atoms with van der Waals surface area (Å²) >= 11 is 0. The fourth-order valence-electron chi connectivity index (χ4n) is 2.32. The van der Waals surface area contributed by atoms with E-state index in [0.29, 0.717) is 25.6 Å².